The number of aromatic hydroxyl groups is 1. The van der Waals surface area contributed by atoms with Gasteiger partial charge in [0.15, 0.2) is 0 Å². The van der Waals surface area contributed by atoms with Crippen molar-refractivity contribution in [3.8, 4) is 17.7 Å². The zero-order valence-corrected chi connectivity index (χ0v) is 12.8. The minimum atomic E-state index is -0.663. The van der Waals surface area contributed by atoms with Crippen LogP contribution < -0.4 is 10.5 Å². The first kappa shape index (κ1) is 14.6. The maximum absolute atomic E-state index is 10.3. The van der Waals surface area contributed by atoms with Gasteiger partial charge in [-0.1, -0.05) is 23.2 Å². The van der Waals surface area contributed by atoms with E-state index in [2.05, 4.69) is 10.2 Å². The van der Waals surface area contributed by atoms with Gasteiger partial charge in [0.1, 0.15) is 17.4 Å². The van der Waals surface area contributed by atoms with Gasteiger partial charge in [0.2, 0.25) is 11.8 Å². The molecule has 0 aliphatic carbocycles. The molecule has 1 atom stereocenters. The Bertz CT molecular complexity index is 851. The van der Waals surface area contributed by atoms with E-state index in [0.717, 1.165) is 0 Å². The standard InChI is InChI=1S/C14H10Cl2N4O2/c1-5-10-11(7-2-6(15)3-9(16)12(7)21)8(4-17)13(18)22-14(10)20-19-5/h2-3,11,21H,18H2,1H3,(H,19,20)/t11-/m1/s1. The van der Waals surface area contributed by atoms with Crippen molar-refractivity contribution in [1.29, 1.82) is 5.26 Å². The van der Waals surface area contributed by atoms with Crippen LogP contribution in [0.2, 0.25) is 10.0 Å². The number of aromatic amines is 1. The second kappa shape index (κ2) is 5.13. The van der Waals surface area contributed by atoms with Gasteiger partial charge in [-0.25, -0.2) is 0 Å². The number of allylic oxidation sites excluding steroid dienone is 1. The topological polar surface area (TPSA) is 108 Å². The summed E-state index contributed by atoms with van der Waals surface area (Å²) in [6.07, 6.45) is 0. The van der Waals surface area contributed by atoms with Crippen LogP contribution in [0.3, 0.4) is 0 Å². The number of nitrogens with two attached hydrogens (primary N) is 1. The Kier molecular flexibility index (Phi) is 3.39. The van der Waals surface area contributed by atoms with Gasteiger partial charge in [0.05, 0.1) is 10.9 Å². The van der Waals surface area contributed by atoms with E-state index >= 15 is 0 Å². The van der Waals surface area contributed by atoms with E-state index in [1.807, 2.05) is 6.07 Å². The molecule has 8 heteroatoms. The molecule has 2 heterocycles. The zero-order chi connectivity index (χ0) is 16.0. The SMILES string of the molecule is Cc1[nH]nc2c1[C@H](c1cc(Cl)cc(Cl)c1O)C(C#N)=C(N)O2. The molecule has 0 saturated carbocycles. The van der Waals surface area contributed by atoms with E-state index in [4.69, 9.17) is 33.7 Å². The van der Waals surface area contributed by atoms with Crippen molar-refractivity contribution in [1.82, 2.24) is 10.2 Å². The summed E-state index contributed by atoms with van der Waals surface area (Å²) in [7, 11) is 0. The van der Waals surface area contributed by atoms with Crippen LogP contribution in [0.5, 0.6) is 11.6 Å². The number of phenolic OH excluding ortho intramolecular Hbond substituents is 1. The third-order valence-electron chi connectivity index (χ3n) is 3.50. The third kappa shape index (κ3) is 2.06. The molecule has 1 aromatic carbocycles. The normalized spacial score (nSPS) is 16.9. The molecule has 112 valence electrons. The number of nitrogens with one attached hydrogen (secondary N) is 1. The lowest BCUT2D eigenvalue weighted by atomic mass is 9.83. The highest BCUT2D eigenvalue weighted by Crippen LogP contribution is 2.47. The number of phenols is 1. The lowest BCUT2D eigenvalue weighted by molar-refractivity contribution is 0.377. The fourth-order valence-electron chi connectivity index (χ4n) is 2.52. The summed E-state index contributed by atoms with van der Waals surface area (Å²) in [5.41, 5.74) is 7.63. The van der Waals surface area contributed by atoms with Gasteiger partial charge in [-0.15, -0.1) is 5.10 Å². The number of benzene rings is 1. The number of hydrogen-bond donors (Lipinski definition) is 3. The molecule has 1 aliphatic rings. The number of aryl methyl sites for hydroxylation is 1. The van der Waals surface area contributed by atoms with Gasteiger partial charge in [0.25, 0.3) is 0 Å². The summed E-state index contributed by atoms with van der Waals surface area (Å²) in [6.45, 7) is 1.78. The molecule has 1 aromatic heterocycles. The molecule has 2 aromatic rings. The monoisotopic (exact) mass is 336 g/mol. The molecule has 0 saturated heterocycles. The van der Waals surface area contributed by atoms with E-state index in [0.29, 0.717) is 21.8 Å². The van der Waals surface area contributed by atoms with Crippen LogP contribution >= 0.6 is 23.2 Å². The Morgan fingerprint density at radius 1 is 1.45 bits per heavy atom. The summed E-state index contributed by atoms with van der Waals surface area (Å²) >= 11 is 12.0. The van der Waals surface area contributed by atoms with Crippen LogP contribution in [0.4, 0.5) is 0 Å². The zero-order valence-electron chi connectivity index (χ0n) is 11.3. The Morgan fingerprint density at radius 3 is 2.86 bits per heavy atom. The number of fused-ring (bicyclic) bond motifs is 1. The minimum absolute atomic E-state index is 0.0676. The molecule has 6 nitrogen and oxygen atoms in total. The molecular formula is C14H10Cl2N4O2. The molecule has 0 unspecified atom stereocenters. The average Bonchev–Trinajstić information content (AvgIpc) is 2.82. The first-order valence-electron chi connectivity index (χ1n) is 6.24. The van der Waals surface area contributed by atoms with Crippen LogP contribution in [0.15, 0.2) is 23.6 Å². The smallest absolute Gasteiger partial charge is 0.244 e. The molecule has 3 rings (SSSR count). The van der Waals surface area contributed by atoms with Crippen LogP contribution in [0.1, 0.15) is 22.7 Å². The van der Waals surface area contributed by atoms with E-state index in [1.54, 1.807) is 13.0 Å². The fourth-order valence-corrected chi connectivity index (χ4v) is 3.02. The average molecular weight is 337 g/mol. The van der Waals surface area contributed by atoms with Gasteiger partial charge in [-0.05, 0) is 19.1 Å². The molecule has 0 bridgehead atoms. The lowest BCUT2D eigenvalue weighted by Crippen LogP contribution is -2.21. The Morgan fingerprint density at radius 2 is 2.18 bits per heavy atom. The van der Waals surface area contributed by atoms with E-state index in [-0.39, 0.29) is 28.1 Å². The molecule has 0 spiro atoms. The van der Waals surface area contributed by atoms with Crippen molar-refractivity contribution in [2.24, 2.45) is 5.73 Å². The van der Waals surface area contributed by atoms with E-state index < -0.39 is 5.92 Å². The second-order valence-electron chi connectivity index (χ2n) is 4.82. The fraction of sp³-hybridized carbons (Fsp3) is 0.143. The molecule has 4 N–H and O–H groups in total. The summed E-state index contributed by atoms with van der Waals surface area (Å²) in [4.78, 5) is 0. The maximum Gasteiger partial charge on any atom is 0.244 e. The van der Waals surface area contributed by atoms with Crippen molar-refractivity contribution in [2.75, 3.05) is 0 Å². The molecule has 22 heavy (non-hydrogen) atoms. The van der Waals surface area contributed by atoms with Crippen LogP contribution in [0, 0.1) is 18.3 Å². The first-order valence-corrected chi connectivity index (χ1v) is 7.00. The van der Waals surface area contributed by atoms with Crippen LogP contribution in [0.25, 0.3) is 0 Å². The van der Waals surface area contributed by atoms with E-state index in [1.165, 1.54) is 6.07 Å². The number of ether oxygens (including phenoxy) is 1. The van der Waals surface area contributed by atoms with Gasteiger partial charge in [-0.3, -0.25) is 5.10 Å². The Balaban J connectivity index is 2.33. The van der Waals surface area contributed by atoms with Crippen molar-refractivity contribution >= 4 is 23.2 Å². The predicted molar refractivity (Wildman–Crippen MR) is 80.7 cm³/mol. The molecule has 1 aliphatic heterocycles. The third-order valence-corrected chi connectivity index (χ3v) is 4.00. The second-order valence-corrected chi connectivity index (χ2v) is 5.66. The number of hydrogen-bond acceptors (Lipinski definition) is 5. The van der Waals surface area contributed by atoms with Crippen LogP contribution in [-0.2, 0) is 0 Å². The van der Waals surface area contributed by atoms with Gasteiger partial charge in [0, 0.05) is 21.8 Å². The number of nitrogens with zero attached hydrogens (tertiary/aromatic N) is 2. The molecule has 0 amide bonds. The summed E-state index contributed by atoms with van der Waals surface area (Å²) in [6, 6.07) is 4.98. The summed E-state index contributed by atoms with van der Waals surface area (Å²) in [5, 5.41) is 26.9. The van der Waals surface area contributed by atoms with Gasteiger partial charge >= 0.3 is 0 Å². The van der Waals surface area contributed by atoms with Crippen molar-refractivity contribution < 1.29 is 9.84 Å². The van der Waals surface area contributed by atoms with Crippen molar-refractivity contribution in [3.05, 3.63) is 50.5 Å². The van der Waals surface area contributed by atoms with Crippen molar-refractivity contribution in [2.45, 2.75) is 12.8 Å². The van der Waals surface area contributed by atoms with Gasteiger partial charge in [-0.2, -0.15) is 5.26 Å². The highest BCUT2D eigenvalue weighted by molar-refractivity contribution is 6.35. The number of nitriles is 1. The predicted octanol–water partition coefficient (Wildman–Crippen LogP) is 2.95. The Hall–Kier alpha value is -2.36. The highest BCUT2D eigenvalue weighted by atomic mass is 35.5. The van der Waals surface area contributed by atoms with Crippen LogP contribution in [-0.4, -0.2) is 15.3 Å². The molecule has 0 radical (unpaired) electrons. The number of aromatic nitrogens is 2. The van der Waals surface area contributed by atoms with Gasteiger partial charge < -0.3 is 15.6 Å². The summed E-state index contributed by atoms with van der Waals surface area (Å²) in [5.74, 6) is -0.634. The first-order chi connectivity index (χ1) is 10.4. The molecular weight excluding hydrogens is 327 g/mol. The quantitative estimate of drug-likeness (QED) is 0.741. The largest absolute Gasteiger partial charge is 0.506 e. The Labute approximate surface area is 135 Å². The highest BCUT2D eigenvalue weighted by Gasteiger charge is 2.36. The van der Waals surface area contributed by atoms with E-state index in [9.17, 15) is 10.4 Å². The number of H-pyrrole nitrogens is 1. The maximum atomic E-state index is 10.3. The summed E-state index contributed by atoms with van der Waals surface area (Å²) < 4.78 is 5.35. The number of halogens is 2. The minimum Gasteiger partial charge on any atom is -0.506 e. The lowest BCUT2D eigenvalue weighted by Gasteiger charge is -2.24. The van der Waals surface area contributed by atoms with Crippen molar-refractivity contribution in [3.63, 3.8) is 0 Å². The molecule has 0 fully saturated rings. The number of rotatable bonds is 1.